The van der Waals surface area contributed by atoms with E-state index in [0.717, 1.165) is 27.4 Å². The number of pyridine rings is 1. The highest BCUT2D eigenvalue weighted by atomic mass is 32.2. The van der Waals surface area contributed by atoms with Gasteiger partial charge in [-0.3, -0.25) is 9.20 Å². The van der Waals surface area contributed by atoms with E-state index < -0.39 is 27.1 Å². The maximum atomic E-state index is 13.9. The number of fused-ring (bicyclic) bond motifs is 1. The number of benzene rings is 1. The molecule has 1 saturated heterocycles. The van der Waals surface area contributed by atoms with Crippen LogP contribution >= 0.6 is 11.3 Å². The van der Waals surface area contributed by atoms with Crippen molar-refractivity contribution in [3.8, 4) is 16.5 Å². The molecular formula is C24H24FN5O5S2. The van der Waals surface area contributed by atoms with Gasteiger partial charge in [-0.25, -0.2) is 27.1 Å². The number of hydrogen-bond acceptors (Lipinski definition) is 9. The van der Waals surface area contributed by atoms with Crippen LogP contribution in [-0.4, -0.2) is 72.6 Å². The lowest BCUT2D eigenvalue weighted by Crippen LogP contribution is -2.36. The van der Waals surface area contributed by atoms with Gasteiger partial charge in [0.25, 0.3) is 0 Å². The van der Waals surface area contributed by atoms with Gasteiger partial charge in [-0.15, -0.1) is 11.3 Å². The van der Waals surface area contributed by atoms with Crippen molar-refractivity contribution in [3.63, 3.8) is 0 Å². The average molecular weight is 546 g/mol. The van der Waals surface area contributed by atoms with Gasteiger partial charge in [0.1, 0.15) is 22.2 Å². The van der Waals surface area contributed by atoms with Gasteiger partial charge in [0, 0.05) is 50.9 Å². The number of aromatic nitrogens is 3. The first-order chi connectivity index (χ1) is 17.6. The van der Waals surface area contributed by atoms with Crippen LogP contribution < -0.4 is 10.5 Å². The zero-order valence-corrected chi connectivity index (χ0v) is 21.7. The molecule has 0 atom stereocenters. The lowest BCUT2D eigenvalue weighted by Gasteiger charge is -2.28. The van der Waals surface area contributed by atoms with Gasteiger partial charge in [0.05, 0.1) is 23.8 Å². The van der Waals surface area contributed by atoms with E-state index in [1.165, 1.54) is 36.8 Å². The third-order valence-electron chi connectivity index (χ3n) is 6.07. The molecule has 37 heavy (non-hydrogen) atoms. The molecule has 0 radical (unpaired) electrons. The van der Waals surface area contributed by atoms with Crippen LogP contribution in [0.1, 0.15) is 10.4 Å². The van der Waals surface area contributed by atoms with Gasteiger partial charge in [0.2, 0.25) is 15.8 Å². The van der Waals surface area contributed by atoms with Crippen molar-refractivity contribution in [1.29, 1.82) is 0 Å². The molecule has 0 saturated carbocycles. The fourth-order valence-corrected chi connectivity index (χ4v) is 6.13. The fraction of sp³-hybridized carbons (Fsp3) is 0.292. The largest absolute Gasteiger partial charge is 0.501 e. The van der Waals surface area contributed by atoms with Crippen LogP contribution in [0.25, 0.3) is 16.3 Å². The first kappa shape index (κ1) is 25.3. The van der Waals surface area contributed by atoms with Crippen LogP contribution in [-0.2, 0) is 21.2 Å². The van der Waals surface area contributed by atoms with E-state index in [1.807, 2.05) is 6.07 Å². The molecule has 1 aliphatic heterocycles. The second-order valence-electron chi connectivity index (χ2n) is 8.68. The van der Waals surface area contributed by atoms with Crippen LogP contribution in [0.2, 0.25) is 0 Å². The summed E-state index contributed by atoms with van der Waals surface area (Å²) >= 11 is 1.16. The third-order valence-corrected chi connectivity index (χ3v) is 8.97. The van der Waals surface area contributed by atoms with Crippen molar-refractivity contribution in [2.45, 2.75) is 11.3 Å². The normalized spacial score (nSPS) is 14.5. The molecule has 1 N–H and O–H groups in total. The number of morpholine rings is 1. The summed E-state index contributed by atoms with van der Waals surface area (Å²) in [7, 11) is -1.11. The van der Waals surface area contributed by atoms with E-state index in [4.69, 9.17) is 4.74 Å². The number of sulfonamides is 1. The number of hydrogen-bond donors (Lipinski definition) is 1. The Kier molecular flexibility index (Phi) is 6.70. The number of ether oxygens (including phenoxy) is 1. The lowest BCUT2D eigenvalue weighted by atomic mass is 10.1. The Morgan fingerprint density at radius 2 is 1.95 bits per heavy atom. The van der Waals surface area contributed by atoms with Gasteiger partial charge < -0.3 is 14.7 Å². The fourth-order valence-electron chi connectivity index (χ4n) is 4.07. The molecule has 194 valence electrons. The predicted octanol–water partition coefficient (Wildman–Crippen LogP) is 2.34. The molecule has 4 heterocycles. The van der Waals surface area contributed by atoms with E-state index in [9.17, 15) is 22.7 Å². The van der Waals surface area contributed by atoms with E-state index in [2.05, 4.69) is 14.9 Å². The Bertz CT molecular complexity index is 1650. The molecular weight excluding hydrogens is 521 g/mol. The van der Waals surface area contributed by atoms with Gasteiger partial charge in [-0.2, -0.15) is 0 Å². The summed E-state index contributed by atoms with van der Waals surface area (Å²) in [6.07, 6.45) is 3.34. The lowest BCUT2D eigenvalue weighted by molar-refractivity contribution is 0.122. The molecule has 0 amide bonds. The Balaban J connectivity index is 1.48. The van der Waals surface area contributed by atoms with Crippen molar-refractivity contribution in [2.75, 3.05) is 45.3 Å². The highest BCUT2D eigenvalue weighted by Crippen LogP contribution is 2.32. The van der Waals surface area contributed by atoms with Gasteiger partial charge >= 0.3 is 5.56 Å². The summed E-state index contributed by atoms with van der Waals surface area (Å²) in [6.45, 7) is 2.60. The minimum absolute atomic E-state index is 0.0422. The highest BCUT2D eigenvalue weighted by molar-refractivity contribution is 7.89. The molecule has 1 fully saturated rings. The number of halogens is 1. The summed E-state index contributed by atoms with van der Waals surface area (Å²) < 4.78 is 47.0. The van der Waals surface area contributed by atoms with Crippen LogP contribution in [0.3, 0.4) is 0 Å². The SMILES string of the molecule is CN(C)S(=O)(=O)c1cc(F)ccc1Cc1cnc(-c2nc3ccc(N4CCOCC4)cn3c(=O)c2O)s1. The van der Waals surface area contributed by atoms with Gasteiger partial charge in [0.15, 0.2) is 0 Å². The van der Waals surface area contributed by atoms with Crippen LogP contribution in [0.5, 0.6) is 5.75 Å². The summed E-state index contributed by atoms with van der Waals surface area (Å²) in [5.74, 6) is -1.19. The summed E-state index contributed by atoms with van der Waals surface area (Å²) in [6, 6.07) is 7.20. The van der Waals surface area contributed by atoms with Crippen LogP contribution in [0.15, 0.2) is 52.4 Å². The summed E-state index contributed by atoms with van der Waals surface area (Å²) in [4.78, 5) is 24.4. The Hall–Kier alpha value is -3.39. The average Bonchev–Trinajstić information content (AvgIpc) is 3.35. The first-order valence-corrected chi connectivity index (χ1v) is 13.6. The third kappa shape index (κ3) is 4.82. The Labute approximate surface area is 216 Å². The van der Waals surface area contributed by atoms with Crippen molar-refractivity contribution >= 4 is 32.7 Å². The van der Waals surface area contributed by atoms with Crippen molar-refractivity contribution in [2.24, 2.45) is 0 Å². The number of anilines is 1. The number of thiazole rings is 1. The molecule has 13 heteroatoms. The summed E-state index contributed by atoms with van der Waals surface area (Å²) in [5, 5.41) is 11.0. The van der Waals surface area contributed by atoms with Crippen molar-refractivity contribution in [1.82, 2.24) is 18.7 Å². The number of nitrogens with zero attached hydrogens (tertiary/aromatic N) is 5. The van der Waals surface area contributed by atoms with E-state index in [0.29, 0.717) is 47.4 Å². The molecule has 0 aliphatic carbocycles. The second kappa shape index (κ2) is 9.82. The molecule has 3 aromatic heterocycles. The smallest absolute Gasteiger partial charge is 0.300 e. The second-order valence-corrected chi connectivity index (χ2v) is 11.9. The molecule has 10 nitrogen and oxygen atoms in total. The number of aromatic hydroxyl groups is 1. The molecule has 0 unspecified atom stereocenters. The van der Waals surface area contributed by atoms with E-state index >= 15 is 0 Å². The maximum Gasteiger partial charge on any atom is 0.300 e. The quantitative estimate of drug-likeness (QED) is 0.393. The van der Waals surface area contributed by atoms with E-state index in [-0.39, 0.29) is 17.0 Å². The zero-order chi connectivity index (χ0) is 26.3. The monoisotopic (exact) mass is 545 g/mol. The minimum atomic E-state index is -3.87. The number of rotatable bonds is 6. The Morgan fingerprint density at radius 1 is 1.19 bits per heavy atom. The summed E-state index contributed by atoms with van der Waals surface area (Å²) in [5.41, 5.74) is 0.998. The van der Waals surface area contributed by atoms with Crippen LogP contribution in [0.4, 0.5) is 10.1 Å². The van der Waals surface area contributed by atoms with Gasteiger partial charge in [-0.05, 0) is 29.8 Å². The maximum absolute atomic E-state index is 13.9. The predicted molar refractivity (Wildman–Crippen MR) is 137 cm³/mol. The standard InChI is InChI=1S/C24H24FN5O5S2/c1-28(2)37(33,34)19-12-16(25)4-3-15(19)11-18-13-26-23(36-18)21-22(31)24(32)30-14-17(5-6-20(30)27-21)29-7-9-35-10-8-29/h3-6,12-14,31H,7-11H2,1-2H3. The van der Waals surface area contributed by atoms with Crippen molar-refractivity contribution < 1.29 is 22.7 Å². The van der Waals surface area contributed by atoms with Crippen molar-refractivity contribution in [3.05, 3.63) is 69.3 Å². The van der Waals surface area contributed by atoms with E-state index in [1.54, 1.807) is 12.3 Å². The highest BCUT2D eigenvalue weighted by Gasteiger charge is 2.23. The molecule has 0 spiro atoms. The minimum Gasteiger partial charge on any atom is -0.501 e. The topological polar surface area (TPSA) is 117 Å². The zero-order valence-electron chi connectivity index (χ0n) is 20.1. The molecule has 0 bridgehead atoms. The van der Waals surface area contributed by atoms with Crippen LogP contribution in [0, 0.1) is 5.82 Å². The molecule has 5 rings (SSSR count). The first-order valence-electron chi connectivity index (χ1n) is 11.4. The van der Waals surface area contributed by atoms with Gasteiger partial charge in [-0.1, -0.05) is 6.07 Å². The molecule has 4 aromatic rings. The Morgan fingerprint density at radius 3 is 2.68 bits per heavy atom. The molecule has 1 aliphatic rings. The molecule has 1 aromatic carbocycles.